The monoisotopic (exact) mass is 341 g/mol. The first-order valence-corrected chi connectivity index (χ1v) is 7.32. The number of nitrogens with one attached hydrogen (secondary N) is 1. The topological polar surface area (TPSA) is 39.7 Å². The molecule has 0 aliphatic rings. The summed E-state index contributed by atoms with van der Waals surface area (Å²) in [5.74, 6) is 1.95. The van der Waals surface area contributed by atoms with E-state index < -0.39 is 0 Å². The van der Waals surface area contributed by atoms with E-state index in [0.717, 1.165) is 11.3 Å². The molecule has 0 radical (unpaired) electrons. The number of anilines is 1. The Hall–Kier alpha value is -1.78. The Balaban J connectivity index is 2.26. The third-order valence-corrected chi connectivity index (χ3v) is 3.75. The van der Waals surface area contributed by atoms with Crippen molar-refractivity contribution >= 4 is 28.9 Å². The van der Waals surface area contributed by atoms with Crippen LogP contribution in [-0.4, -0.2) is 21.3 Å². The fraction of sp³-hybridized carbons (Fsp3) is 0.250. The predicted molar refractivity (Wildman–Crippen MR) is 89.9 cm³/mol. The molecule has 0 saturated carbocycles. The highest BCUT2D eigenvalue weighted by Gasteiger charge is 2.12. The standard InChI is InChI=1S/C16H17Cl2NO3/c1-20-14-8-16(22-3)15(21-2)6-10(14)9-19-13-7-11(17)4-5-12(13)18/h4-8,19H,9H2,1-3H3. The summed E-state index contributed by atoms with van der Waals surface area (Å²) in [6, 6.07) is 8.92. The number of benzene rings is 2. The summed E-state index contributed by atoms with van der Waals surface area (Å²) in [6.45, 7) is 0.504. The Morgan fingerprint density at radius 3 is 2.14 bits per heavy atom. The summed E-state index contributed by atoms with van der Waals surface area (Å²) in [6.07, 6.45) is 0. The van der Waals surface area contributed by atoms with E-state index in [2.05, 4.69) is 5.32 Å². The maximum Gasteiger partial charge on any atom is 0.164 e. The lowest BCUT2D eigenvalue weighted by Crippen LogP contribution is -2.03. The van der Waals surface area contributed by atoms with Gasteiger partial charge in [-0.25, -0.2) is 0 Å². The minimum atomic E-state index is 0.504. The highest BCUT2D eigenvalue weighted by Crippen LogP contribution is 2.35. The molecule has 118 valence electrons. The number of hydrogen-bond donors (Lipinski definition) is 1. The third kappa shape index (κ3) is 3.70. The SMILES string of the molecule is COc1cc(OC)c(OC)cc1CNc1cc(Cl)ccc1Cl. The Labute approximate surface area is 139 Å². The molecule has 0 amide bonds. The number of ether oxygens (including phenoxy) is 3. The lowest BCUT2D eigenvalue weighted by atomic mass is 10.1. The summed E-state index contributed by atoms with van der Waals surface area (Å²) in [5.41, 5.74) is 1.67. The van der Waals surface area contributed by atoms with Gasteiger partial charge < -0.3 is 19.5 Å². The van der Waals surface area contributed by atoms with Crippen molar-refractivity contribution in [3.05, 3.63) is 45.9 Å². The largest absolute Gasteiger partial charge is 0.496 e. The second kappa shape index (κ2) is 7.47. The molecule has 0 bridgehead atoms. The third-order valence-electron chi connectivity index (χ3n) is 3.18. The van der Waals surface area contributed by atoms with E-state index in [4.69, 9.17) is 37.4 Å². The van der Waals surface area contributed by atoms with Crippen LogP contribution in [0.25, 0.3) is 0 Å². The molecular weight excluding hydrogens is 325 g/mol. The average Bonchev–Trinajstić information content (AvgIpc) is 2.54. The van der Waals surface area contributed by atoms with Crippen LogP contribution < -0.4 is 19.5 Å². The first-order valence-electron chi connectivity index (χ1n) is 6.56. The molecule has 0 atom stereocenters. The van der Waals surface area contributed by atoms with Crippen LogP contribution in [0.1, 0.15) is 5.56 Å². The van der Waals surface area contributed by atoms with Gasteiger partial charge in [-0.05, 0) is 24.3 Å². The van der Waals surface area contributed by atoms with Crippen LogP contribution in [-0.2, 0) is 6.54 Å². The van der Waals surface area contributed by atoms with Crippen molar-refractivity contribution in [1.82, 2.24) is 0 Å². The Bertz CT molecular complexity index is 662. The van der Waals surface area contributed by atoms with E-state index in [1.165, 1.54) is 0 Å². The van der Waals surface area contributed by atoms with Gasteiger partial charge in [0.25, 0.3) is 0 Å². The van der Waals surface area contributed by atoms with Crippen LogP contribution in [0.5, 0.6) is 17.2 Å². The van der Waals surface area contributed by atoms with Crippen molar-refractivity contribution in [2.45, 2.75) is 6.54 Å². The Morgan fingerprint density at radius 2 is 1.50 bits per heavy atom. The molecule has 2 rings (SSSR count). The zero-order chi connectivity index (χ0) is 16.1. The minimum Gasteiger partial charge on any atom is -0.496 e. The van der Waals surface area contributed by atoms with Crippen molar-refractivity contribution in [1.29, 1.82) is 0 Å². The highest BCUT2D eigenvalue weighted by atomic mass is 35.5. The van der Waals surface area contributed by atoms with E-state index in [9.17, 15) is 0 Å². The molecule has 6 heteroatoms. The normalized spacial score (nSPS) is 10.2. The molecule has 1 N–H and O–H groups in total. The fourth-order valence-electron chi connectivity index (χ4n) is 2.05. The lowest BCUT2D eigenvalue weighted by molar-refractivity contribution is 0.347. The van der Waals surface area contributed by atoms with Crippen LogP contribution in [0.2, 0.25) is 10.0 Å². The summed E-state index contributed by atoms with van der Waals surface area (Å²) in [4.78, 5) is 0. The quantitative estimate of drug-likeness (QED) is 0.831. The van der Waals surface area contributed by atoms with Crippen LogP contribution in [0, 0.1) is 0 Å². The first-order chi connectivity index (χ1) is 10.6. The van der Waals surface area contributed by atoms with Gasteiger partial charge in [0.15, 0.2) is 11.5 Å². The van der Waals surface area contributed by atoms with Gasteiger partial charge >= 0.3 is 0 Å². The maximum absolute atomic E-state index is 6.15. The molecule has 0 fully saturated rings. The molecule has 0 aliphatic carbocycles. The second-order valence-electron chi connectivity index (χ2n) is 4.50. The second-order valence-corrected chi connectivity index (χ2v) is 5.34. The molecule has 2 aromatic carbocycles. The van der Waals surface area contributed by atoms with Crippen molar-refractivity contribution in [2.75, 3.05) is 26.6 Å². The molecule has 0 aromatic heterocycles. The van der Waals surface area contributed by atoms with Crippen LogP contribution in [0.15, 0.2) is 30.3 Å². The van der Waals surface area contributed by atoms with Crippen molar-refractivity contribution < 1.29 is 14.2 Å². The molecule has 0 heterocycles. The maximum atomic E-state index is 6.15. The smallest absolute Gasteiger partial charge is 0.164 e. The van der Waals surface area contributed by atoms with Crippen LogP contribution in [0.3, 0.4) is 0 Å². The molecule has 4 nitrogen and oxygen atoms in total. The van der Waals surface area contributed by atoms with Gasteiger partial charge in [-0.1, -0.05) is 23.2 Å². The van der Waals surface area contributed by atoms with Gasteiger partial charge in [0, 0.05) is 23.2 Å². The predicted octanol–water partition coefficient (Wildman–Crippen LogP) is 4.63. The van der Waals surface area contributed by atoms with Crippen LogP contribution >= 0.6 is 23.2 Å². The molecule has 0 aliphatic heterocycles. The van der Waals surface area contributed by atoms with Gasteiger partial charge in [0.05, 0.1) is 32.0 Å². The fourth-order valence-corrected chi connectivity index (χ4v) is 2.41. The average molecular weight is 342 g/mol. The number of methoxy groups -OCH3 is 3. The molecule has 2 aromatic rings. The van der Waals surface area contributed by atoms with E-state index >= 15 is 0 Å². The van der Waals surface area contributed by atoms with E-state index in [1.54, 1.807) is 45.6 Å². The zero-order valence-electron chi connectivity index (χ0n) is 12.6. The van der Waals surface area contributed by atoms with Gasteiger partial charge in [-0.3, -0.25) is 0 Å². The summed E-state index contributed by atoms with van der Waals surface area (Å²) in [7, 11) is 4.79. The summed E-state index contributed by atoms with van der Waals surface area (Å²) >= 11 is 12.1. The van der Waals surface area contributed by atoms with Crippen molar-refractivity contribution in [3.8, 4) is 17.2 Å². The van der Waals surface area contributed by atoms with Gasteiger partial charge in [0.2, 0.25) is 0 Å². The van der Waals surface area contributed by atoms with Gasteiger partial charge in [-0.15, -0.1) is 0 Å². The van der Waals surface area contributed by atoms with E-state index in [1.807, 2.05) is 6.07 Å². The van der Waals surface area contributed by atoms with Crippen molar-refractivity contribution in [3.63, 3.8) is 0 Å². The van der Waals surface area contributed by atoms with E-state index in [0.29, 0.717) is 33.8 Å². The van der Waals surface area contributed by atoms with Crippen molar-refractivity contribution in [2.24, 2.45) is 0 Å². The van der Waals surface area contributed by atoms with Gasteiger partial charge in [0.1, 0.15) is 5.75 Å². The Kier molecular flexibility index (Phi) is 5.63. The molecular formula is C16H17Cl2NO3. The molecule has 0 saturated heterocycles. The number of halogens is 2. The summed E-state index contributed by atoms with van der Waals surface area (Å²) in [5, 5.41) is 4.46. The zero-order valence-corrected chi connectivity index (χ0v) is 14.1. The molecule has 0 spiro atoms. The summed E-state index contributed by atoms with van der Waals surface area (Å²) < 4.78 is 16.0. The van der Waals surface area contributed by atoms with Gasteiger partial charge in [-0.2, -0.15) is 0 Å². The van der Waals surface area contributed by atoms with Crippen LogP contribution in [0.4, 0.5) is 5.69 Å². The Morgan fingerprint density at radius 1 is 0.864 bits per heavy atom. The highest BCUT2D eigenvalue weighted by molar-refractivity contribution is 6.35. The minimum absolute atomic E-state index is 0.504. The molecule has 22 heavy (non-hydrogen) atoms. The first kappa shape index (κ1) is 16.6. The van der Waals surface area contributed by atoms with E-state index in [-0.39, 0.29) is 0 Å². The number of hydrogen-bond acceptors (Lipinski definition) is 4. The molecule has 0 unspecified atom stereocenters. The lowest BCUT2D eigenvalue weighted by Gasteiger charge is -2.15. The number of rotatable bonds is 6.